The van der Waals surface area contributed by atoms with Crippen LogP contribution in [0.1, 0.15) is 66.9 Å². The fraction of sp³-hybridized carbons (Fsp3) is 0.607. The van der Waals surface area contributed by atoms with Crippen LogP contribution in [0.25, 0.3) is 5.65 Å². The molecule has 1 aliphatic heterocycles. The number of aryl methyl sites for hydroxylation is 1. The lowest BCUT2D eigenvalue weighted by molar-refractivity contribution is -0.183. The summed E-state index contributed by atoms with van der Waals surface area (Å²) in [4.78, 5) is 32.3. The van der Waals surface area contributed by atoms with E-state index in [1.165, 1.54) is 15.4 Å². The number of aromatic nitrogens is 5. The first-order chi connectivity index (χ1) is 20.3. The lowest BCUT2D eigenvalue weighted by Gasteiger charge is -2.33. The molecule has 1 saturated heterocycles. The van der Waals surface area contributed by atoms with E-state index in [1.54, 1.807) is 37.3 Å². The number of hydrogen-bond donors (Lipinski definition) is 2. The van der Waals surface area contributed by atoms with Crippen LogP contribution in [0.5, 0.6) is 0 Å². The Bertz CT molecular complexity index is 1470. The summed E-state index contributed by atoms with van der Waals surface area (Å²) in [5.74, 6) is -6.52. The zero-order valence-corrected chi connectivity index (χ0v) is 24.2. The predicted octanol–water partition coefficient (Wildman–Crippen LogP) is 4.17. The third-order valence-electron chi connectivity index (χ3n) is 8.46. The largest absolute Gasteiger partial charge is 0.393 e. The molecule has 2 unspecified atom stereocenters. The Labute approximate surface area is 245 Å². The fourth-order valence-electron chi connectivity index (χ4n) is 6.03. The van der Waals surface area contributed by atoms with Crippen molar-refractivity contribution in [2.75, 3.05) is 25.5 Å². The molecule has 2 fully saturated rings. The quantitative estimate of drug-likeness (QED) is 0.371. The van der Waals surface area contributed by atoms with Crippen LogP contribution in [-0.2, 0) is 17.8 Å². The third kappa shape index (κ3) is 6.59. The Morgan fingerprint density at radius 2 is 1.98 bits per heavy atom. The van der Waals surface area contributed by atoms with Crippen molar-refractivity contribution in [3.63, 3.8) is 0 Å². The van der Waals surface area contributed by atoms with E-state index in [-0.39, 0.29) is 44.4 Å². The highest BCUT2D eigenvalue weighted by Crippen LogP contribution is 2.42. The highest BCUT2D eigenvalue weighted by molar-refractivity contribution is 5.92. The number of hydrogen-bond acceptors (Lipinski definition) is 6. The summed E-state index contributed by atoms with van der Waals surface area (Å²) in [5.41, 5.74) is 2.15. The van der Waals surface area contributed by atoms with Crippen molar-refractivity contribution in [2.24, 2.45) is 17.8 Å². The summed E-state index contributed by atoms with van der Waals surface area (Å²) in [6.07, 6.45) is -1.93. The van der Waals surface area contributed by atoms with E-state index in [2.05, 4.69) is 20.8 Å². The number of carbonyl (C=O) groups excluding carboxylic acids is 2. The van der Waals surface area contributed by atoms with Gasteiger partial charge in [-0.05, 0) is 38.2 Å². The minimum atomic E-state index is -4.43. The maximum Gasteiger partial charge on any atom is 0.393 e. The van der Waals surface area contributed by atoms with Crippen molar-refractivity contribution in [1.29, 1.82) is 0 Å². The van der Waals surface area contributed by atoms with E-state index in [9.17, 15) is 31.5 Å². The zero-order valence-electron chi connectivity index (χ0n) is 24.2. The first-order valence-corrected chi connectivity index (χ1v) is 14.4. The second-order valence-electron chi connectivity index (χ2n) is 11.6. The summed E-state index contributed by atoms with van der Waals surface area (Å²) in [5, 5.41) is 14.2. The molecule has 0 aromatic carbocycles. The smallest absolute Gasteiger partial charge is 0.376 e. The summed E-state index contributed by atoms with van der Waals surface area (Å²) in [6.45, 7) is 1.86. The Balaban J connectivity index is 1.48. The molecule has 2 amide bonds. The molecule has 0 spiro atoms. The Kier molecular flexibility index (Phi) is 8.36. The van der Waals surface area contributed by atoms with Gasteiger partial charge in [0.25, 0.3) is 5.91 Å². The highest BCUT2D eigenvalue weighted by atomic mass is 19.4. The van der Waals surface area contributed by atoms with E-state index >= 15 is 0 Å². The van der Waals surface area contributed by atoms with Crippen molar-refractivity contribution < 1.29 is 31.5 Å². The summed E-state index contributed by atoms with van der Waals surface area (Å²) in [7, 11) is 3.50. The average Bonchev–Trinajstić information content (AvgIpc) is 3.58. The van der Waals surface area contributed by atoms with E-state index < -0.39 is 48.3 Å². The summed E-state index contributed by atoms with van der Waals surface area (Å²) in [6, 6.07) is 2.60. The third-order valence-corrected chi connectivity index (χ3v) is 8.46. The van der Waals surface area contributed by atoms with Gasteiger partial charge in [-0.25, -0.2) is 18.3 Å². The van der Waals surface area contributed by atoms with Crippen LogP contribution in [0.3, 0.4) is 0 Å². The molecule has 2 aliphatic rings. The zero-order chi connectivity index (χ0) is 31.1. The molecule has 5 rings (SSSR count). The van der Waals surface area contributed by atoms with Gasteiger partial charge in [0.2, 0.25) is 11.8 Å². The molecule has 234 valence electrons. The van der Waals surface area contributed by atoms with Crippen molar-refractivity contribution in [3.8, 4) is 0 Å². The Morgan fingerprint density at radius 1 is 1.26 bits per heavy atom. The van der Waals surface area contributed by atoms with Gasteiger partial charge in [0.05, 0.1) is 35.2 Å². The summed E-state index contributed by atoms with van der Waals surface area (Å²) >= 11 is 0. The molecule has 3 atom stereocenters. The Hall–Kier alpha value is -3.78. The lowest BCUT2D eigenvalue weighted by atomic mass is 9.81. The van der Waals surface area contributed by atoms with Crippen molar-refractivity contribution in [3.05, 3.63) is 41.6 Å². The SMILES string of the molecule is CCn1nccc1C(=O)NC(c1cn2nc(CC3C[C@@H](C(F)(F)F)CNC3=O)c(N(C)C)cc2n1)C1CCC(F)(F)CC1. The molecular weight excluding hydrogens is 575 g/mol. The van der Waals surface area contributed by atoms with Crippen molar-refractivity contribution in [1.82, 2.24) is 35.0 Å². The number of halogens is 5. The average molecular weight is 611 g/mol. The monoisotopic (exact) mass is 610 g/mol. The van der Waals surface area contributed by atoms with Gasteiger partial charge in [0.1, 0.15) is 5.69 Å². The number of amides is 2. The molecule has 15 heteroatoms. The fourth-order valence-corrected chi connectivity index (χ4v) is 6.03. The molecule has 1 saturated carbocycles. The number of alkyl halides is 5. The van der Waals surface area contributed by atoms with Crippen LogP contribution in [0, 0.1) is 17.8 Å². The van der Waals surface area contributed by atoms with Gasteiger partial charge in [-0.1, -0.05) is 0 Å². The number of rotatable bonds is 8. The van der Waals surface area contributed by atoms with Crippen LogP contribution in [0.4, 0.5) is 27.6 Å². The van der Waals surface area contributed by atoms with E-state index in [1.807, 2.05) is 6.92 Å². The van der Waals surface area contributed by atoms with Gasteiger partial charge in [-0.2, -0.15) is 23.4 Å². The standard InChI is InChI=1S/C28H35F5N8O2/c1-4-40-21(7-10-35-40)26(43)37-24(16-5-8-27(29,30)9-6-16)20-15-41-23(36-20)13-22(39(2)3)19(38-41)12-17-11-18(28(31,32)33)14-34-25(17)42/h7,10,13,15-18,24H,4-6,8-9,11-12,14H2,1-3H3,(H,34,42)(H,37,43)/t17?,18-,24?/m1/s1. The molecular formula is C28H35F5N8O2. The molecule has 43 heavy (non-hydrogen) atoms. The topological polar surface area (TPSA) is 109 Å². The minimum Gasteiger partial charge on any atom is -0.376 e. The van der Waals surface area contributed by atoms with Crippen LogP contribution in [0.2, 0.25) is 0 Å². The molecule has 1 aliphatic carbocycles. The second kappa shape index (κ2) is 11.7. The normalized spacial score (nSPS) is 21.9. The number of piperidine rings is 1. The maximum absolute atomic E-state index is 14.0. The molecule has 3 aromatic rings. The number of anilines is 1. The maximum atomic E-state index is 14.0. The van der Waals surface area contributed by atoms with E-state index in [0.29, 0.717) is 35.0 Å². The number of nitrogens with zero attached hydrogens (tertiary/aromatic N) is 6. The lowest BCUT2D eigenvalue weighted by Crippen LogP contribution is -2.47. The van der Waals surface area contributed by atoms with Crippen LogP contribution in [0.15, 0.2) is 24.5 Å². The van der Waals surface area contributed by atoms with Gasteiger partial charge in [0, 0.05) is 64.6 Å². The number of carbonyl (C=O) groups is 2. The number of fused-ring (bicyclic) bond motifs is 1. The van der Waals surface area contributed by atoms with Gasteiger partial charge < -0.3 is 15.5 Å². The van der Waals surface area contributed by atoms with Gasteiger partial charge in [0.15, 0.2) is 5.65 Å². The van der Waals surface area contributed by atoms with Gasteiger partial charge in [-0.3, -0.25) is 14.3 Å². The molecule has 0 radical (unpaired) electrons. The first-order valence-electron chi connectivity index (χ1n) is 14.4. The highest BCUT2D eigenvalue weighted by Gasteiger charge is 2.45. The minimum absolute atomic E-state index is 0.0196. The summed E-state index contributed by atoms with van der Waals surface area (Å²) < 4.78 is 71.4. The van der Waals surface area contributed by atoms with E-state index in [4.69, 9.17) is 4.98 Å². The predicted molar refractivity (Wildman–Crippen MR) is 147 cm³/mol. The molecule has 2 N–H and O–H groups in total. The van der Waals surface area contributed by atoms with E-state index in [0.717, 1.165) is 0 Å². The van der Waals surface area contributed by atoms with Crippen molar-refractivity contribution >= 4 is 23.1 Å². The van der Waals surface area contributed by atoms with Crippen molar-refractivity contribution in [2.45, 2.75) is 70.1 Å². The number of imidazole rings is 1. The Morgan fingerprint density at radius 3 is 2.63 bits per heavy atom. The first kappa shape index (κ1) is 30.7. The molecule has 10 nitrogen and oxygen atoms in total. The van der Waals surface area contributed by atoms with Gasteiger partial charge >= 0.3 is 6.18 Å². The molecule has 0 bridgehead atoms. The van der Waals surface area contributed by atoms with Crippen LogP contribution < -0.4 is 15.5 Å². The second-order valence-corrected chi connectivity index (χ2v) is 11.6. The molecule has 3 aromatic heterocycles. The van der Waals surface area contributed by atoms with Gasteiger partial charge in [-0.15, -0.1) is 0 Å². The number of nitrogens with one attached hydrogen (secondary N) is 2. The molecule has 4 heterocycles. The van der Waals surface area contributed by atoms with Crippen LogP contribution in [-0.4, -0.2) is 68.9 Å². The van der Waals surface area contributed by atoms with Crippen LogP contribution >= 0.6 is 0 Å².